The summed E-state index contributed by atoms with van der Waals surface area (Å²) in [6, 6.07) is 8.00. The van der Waals surface area contributed by atoms with E-state index < -0.39 is 6.10 Å². The summed E-state index contributed by atoms with van der Waals surface area (Å²) in [6.07, 6.45) is -0.505. The van der Waals surface area contributed by atoms with Crippen LogP contribution in [-0.2, 0) is 9.47 Å². The fourth-order valence-electron chi connectivity index (χ4n) is 2.08. The first-order valence-corrected chi connectivity index (χ1v) is 7.24. The topological polar surface area (TPSA) is 45.2 Å². The maximum atomic E-state index is 10.4. The van der Waals surface area contributed by atoms with Gasteiger partial charge in [0, 0.05) is 53.6 Å². The van der Waals surface area contributed by atoms with Gasteiger partial charge in [-0.1, -0.05) is 12.1 Å². The summed E-state index contributed by atoms with van der Waals surface area (Å²) in [5, 5.41) is 10.4. The first-order chi connectivity index (χ1) is 10.1. The Labute approximate surface area is 128 Å². The highest BCUT2D eigenvalue weighted by molar-refractivity contribution is 5.46. The predicted molar refractivity (Wildman–Crippen MR) is 85.9 cm³/mol. The molecule has 21 heavy (non-hydrogen) atoms. The average molecular weight is 296 g/mol. The van der Waals surface area contributed by atoms with Gasteiger partial charge in [-0.25, -0.2) is 0 Å². The van der Waals surface area contributed by atoms with E-state index in [1.165, 1.54) is 0 Å². The summed E-state index contributed by atoms with van der Waals surface area (Å²) in [6.45, 7) is 3.44. The molecule has 1 unspecified atom stereocenters. The molecule has 1 rings (SSSR count). The molecule has 1 atom stereocenters. The van der Waals surface area contributed by atoms with E-state index in [9.17, 15) is 5.11 Å². The summed E-state index contributed by atoms with van der Waals surface area (Å²) in [4.78, 5) is 4.19. The monoisotopic (exact) mass is 296 g/mol. The second kappa shape index (κ2) is 9.73. The molecule has 0 fully saturated rings. The van der Waals surface area contributed by atoms with Crippen molar-refractivity contribution in [2.45, 2.75) is 6.10 Å². The molecule has 5 nitrogen and oxygen atoms in total. The van der Waals surface area contributed by atoms with Crippen LogP contribution in [0.4, 0.5) is 5.69 Å². The summed E-state index contributed by atoms with van der Waals surface area (Å²) in [5.74, 6) is 0. The lowest BCUT2D eigenvalue weighted by molar-refractivity contribution is 0.0697. The van der Waals surface area contributed by atoms with Crippen molar-refractivity contribution in [2.24, 2.45) is 0 Å². The van der Waals surface area contributed by atoms with Gasteiger partial charge in [0.25, 0.3) is 0 Å². The molecular formula is C16H28N2O3. The van der Waals surface area contributed by atoms with E-state index in [2.05, 4.69) is 4.90 Å². The lowest BCUT2D eigenvalue weighted by Gasteiger charge is -2.25. The zero-order valence-electron chi connectivity index (χ0n) is 13.6. The second-order valence-electron chi connectivity index (χ2n) is 5.29. The molecule has 0 amide bonds. The second-order valence-corrected chi connectivity index (χ2v) is 5.29. The molecule has 0 aliphatic carbocycles. The lowest BCUT2D eigenvalue weighted by Crippen LogP contribution is -2.34. The number of hydrogen-bond donors (Lipinski definition) is 1. The smallest absolute Gasteiger partial charge is 0.0916 e. The summed E-state index contributed by atoms with van der Waals surface area (Å²) < 4.78 is 10.2. The van der Waals surface area contributed by atoms with Crippen LogP contribution in [0, 0.1) is 0 Å². The van der Waals surface area contributed by atoms with E-state index in [-0.39, 0.29) is 0 Å². The molecule has 0 aromatic heterocycles. The van der Waals surface area contributed by atoms with Crippen LogP contribution in [0.3, 0.4) is 0 Å². The Kier molecular flexibility index (Phi) is 8.30. The van der Waals surface area contributed by atoms with Crippen LogP contribution in [0.5, 0.6) is 0 Å². The third kappa shape index (κ3) is 6.44. The van der Waals surface area contributed by atoms with E-state index in [1.807, 2.05) is 43.3 Å². The normalized spacial score (nSPS) is 12.7. The van der Waals surface area contributed by atoms with E-state index in [0.29, 0.717) is 19.8 Å². The van der Waals surface area contributed by atoms with Crippen LogP contribution in [0.2, 0.25) is 0 Å². The zero-order chi connectivity index (χ0) is 15.7. The first kappa shape index (κ1) is 17.9. The van der Waals surface area contributed by atoms with Crippen LogP contribution >= 0.6 is 0 Å². The van der Waals surface area contributed by atoms with Crippen molar-refractivity contribution in [1.29, 1.82) is 0 Å². The van der Waals surface area contributed by atoms with Gasteiger partial charge in [0.05, 0.1) is 19.3 Å². The number of rotatable bonds is 10. The van der Waals surface area contributed by atoms with Crippen LogP contribution in [0.25, 0.3) is 0 Å². The van der Waals surface area contributed by atoms with Gasteiger partial charge in [0.1, 0.15) is 0 Å². The van der Waals surface area contributed by atoms with Gasteiger partial charge in [-0.05, 0) is 17.7 Å². The van der Waals surface area contributed by atoms with Crippen LogP contribution in [0.15, 0.2) is 24.3 Å². The molecule has 1 N–H and O–H groups in total. The van der Waals surface area contributed by atoms with Crippen molar-refractivity contribution < 1.29 is 14.6 Å². The summed E-state index contributed by atoms with van der Waals surface area (Å²) in [7, 11) is 7.38. The quantitative estimate of drug-likeness (QED) is 0.707. The number of aliphatic hydroxyl groups excluding tert-OH is 1. The Morgan fingerprint density at radius 1 is 1.00 bits per heavy atom. The van der Waals surface area contributed by atoms with Crippen LogP contribution in [0.1, 0.15) is 11.7 Å². The number of ether oxygens (including phenoxy) is 2. The molecule has 1 aromatic carbocycles. The highest BCUT2D eigenvalue weighted by Crippen LogP contribution is 2.18. The minimum Gasteiger partial charge on any atom is -0.387 e. The highest BCUT2D eigenvalue weighted by atomic mass is 16.5. The molecule has 0 aliphatic rings. The van der Waals surface area contributed by atoms with E-state index in [4.69, 9.17) is 9.47 Å². The van der Waals surface area contributed by atoms with Gasteiger partial charge in [-0.15, -0.1) is 0 Å². The Hall–Kier alpha value is -1.14. The molecule has 0 spiro atoms. The largest absolute Gasteiger partial charge is 0.387 e. The lowest BCUT2D eigenvalue weighted by atomic mass is 10.1. The Morgan fingerprint density at radius 3 is 1.95 bits per heavy atom. The van der Waals surface area contributed by atoms with Crippen LogP contribution in [-0.4, -0.2) is 71.2 Å². The van der Waals surface area contributed by atoms with Gasteiger partial charge < -0.3 is 19.5 Å². The fraction of sp³-hybridized carbons (Fsp3) is 0.625. The molecular weight excluding hydrogens is 268 g/mol. The molecule has 5 heteroatoms. The van der Waals surface area contributed by atoms with E-state index >= 15 is 0 Å². The maximum Gasteiger partial charge on any atom is 0.0916 e. The van der Waals surface area contributed by atoms with Crippen molar-refractivity contribution in [3.8, 4) is 0 Å². The van der Waals surface area contributed by atoms with Crippen molar-refractivity contribution in [3.63, 3.8) is 0 Å². The van der Waals surface area contributed by atoms with Gasteiger partial charge >= 0.3 is 0 Å². The van der Waals surface area contributed by atoms with E-state index in [1.54, 1.807) is 14.2 Å². The minimum absolute atomic E-state index is 0.505. The molecule has 0 radical (unpaired) electrons. The standard InChI is InChI=1S/C16H28N2O3/c1-17(2)15-7-5-14(6-8-15)16(19)13-18(9-11-20-3)10-12-21-4/h5-8,16,19H,9-13H2,1-4H3. The molecule has 120 valence electrons. The number of hydrogen-bond acceptors (Lipinski definition) is 5. The molecule has 0 heterocycles. The average Bonchev–Trinajstić information content (AvgIpc) is 2.49. The third-order valence-corrected chi connectivity index (χ3v) is 3.45. The highest BCUT2D eigenvalue weighted by Gasteiger charge is 2.13. The first-order valence-electron chi connectivity index (χ1n) is 7.24. The van der Waals surface area contributed by atoms with E-state index in [0.717, 1.165) is 24.3 Å². The summed E-state index contributed by atoms with van der Waals surface area (Å²) >= 11 is 0. The number of anilines is 1. The van der Waals surface area contributed by atoms with Gasteiger partial charge in [-0.2, -0.15) is 0 Å². The maximum absolute atomic E-state index is 10.4. The fourth-order valence-corrected chi connectivity index (χ4v) is 2.08. The van der Waals surface area contributed by atoms with Crippen LogP contribution < -0.4 is 4.90 Å². The zero-order valence-corrected chi connectivity index (χ0v) is 13.6. The number of aliphatic hydroxyl groups is 1. The van der Waals surface area contributed by atoms with Crippen molar-refractivity contribution in [3.05, 3.63) is 29.8 Å². The SMILES string of the molecule is COCCN(CCOC)CC(O)c1ccc(N(C)C)cc1. The minimum atomic E-state index is -0.505. The Bertz CT molecular complexity index is 374. The number of methoxy groups -OCH3 is 2. The van der Waals surface area contributed by atoms with Crippen molar-refractivity contribution >= 4 is 5.69 Å². The Morgan fingerprint density at radius 2 is 1.52 bits per heavy atom. The van der Waals surface area contributed by atoms with Crippen molar-refractivity contribution in [1.82, 2.24) is 4.90 Å². The third-order valence-electron chi connectivity index (χ3n) is 3.45. The molecule has 0 bridgehead atoms. The molecule has 0 aliphatic heterocycles. The molecule has 0 saturated carbocycles. The molecule has 0 saturated heterocycles. The molecule has 1 aromatic rings. The number of nitrogens with zero attached hydrogens (tertiary/aromatic N) is 2. The van der Waals surface area contributed by atoms with Gasteiger partial charge in [-0.3, -0.25) is 4.90 Å². The van der Waals surface area contributed by atoms with Crippen molar-refractivity contribution in [2.75, 3.05) is 66.1 Å². The Balaban J connectivity index is 2.59. The summed E-state index contributed by atoms with van der Waals surface area (Å²) in [5.41, 5.74) is 2.06. The van der Waals surface area contributed by atoms with Gasteiger partial charge in [0.15, 0.2) is 0 Å². The number of benzene rings is 1. The predicted octanol–water partition coefficient (Wildman–Crippen LogP) is 1.38. The van der Waals surface area contributed by atoms with Gasteiger partial charge in [0.2, 0.25) is 0 Å².